The van der Waals surface area contributed by atoms with Crippen molar-refractivity contribution in [2.24, 2.45) is 0 Å². The van der Waals surface area contributed by atoms with E-state index in [2.05, 4.69) is 17.4 Å². The Morgan fingerprint density at radius 3 is 2.14 bits per heavy atom. The van der Waals surface area contributed by atoms with Crippen LogP contribution < -0.4 is 19.5 Å². The highest BCUT2D eigenvalue weighted by Gasteiger charge is 2.05. The van der Waals surface area contributed by atoms with Crippen LogP contribution in [0.2, 0.25) is 0 Å². The maximum absolute atomic E-state index is 5.78. The zero-order valence-corrected chi connectivity index (χ0v) is 12.7. The van der Waals surface area contributed by atoms with Gasteiger partial charge in [-0.2, -0.15) is 0 Å². The summed E-state index contributed by atoms with van der Waals surface area (Å²) >= 11 is 0. The van der Waals surface area contributed by atoms with Crippen LogP contribution in [0.4, 0.5) is 0 Å². The molecule has 2 aromatic carbocycles. The van der Waals surface area contributed by atoms with E-state index in [1.807, 2.05) is 37.4 Å². The zero-order chi connectivity index (χ0) is 15.1. The van der Waals surface area contributed by atoms with E-state index in [0.29, 0.717) is 12.4 Å². The van der Waals surface area contributed by atoms with Crippen LogP contribution >= 0.6 is 0 Å². The van der Waals surface area contributed by atoms with Crippen molar-refractivity contribution in [2.75, 3.05) is 21.3 Å². The number of hydrogen-bond acceptors (Lipinski definition) is 4. The molecule has 0 aliphatic rings. The molecule has 0 spiro atoms. The van der Waals surface area contributed by atoms with Crippen molar-refractivity contribution < 1.29 is 14.2 Å². The summed E-state index contributed by atoms with van der Waals surface area (Å²) in [6.07, 6.45) is 0. The molecule has 0 radical (unpaired) electrons. The fourth-order valence-electron chi connectivity index (χ4n) is 2.04. The fourth-order valence-corrected chi connectivity index (χ4v) is 2.04. The fraction of sp³-hybridized carbons (Fsp3) is 0.294. The first kappa shape index (κ1) is 15.2. The lowest BCUT2D eigenvalue weighted by atomic mass is 10.2. The number of hydrogen-bond donors (Lipinski definition) is 1. The maximum atomic E-state index is 5.78. The van der Waals surface area contributed by atoms with Crippen molar-refractivity contribution in [1.29, 1.82) is 0 Å². The van der Waals surface area contributed by atoms with Crippen LogP contribution in [-0.2, 0) is 13.2 Å². The van der Waals surface area contributed by atoms with E-state index in [0.717, 1.165) is 23.6 Å². The average molecular weight is 287 g/mol. The van der Waals surface area contributed by atoms with E-state index in [9.17, 15) is 0 Å². The van der Waals surface area contributed by atoms with Crippen LogP contribution in [0.3, 0.4) is 0 Å². The van der Waals surface area contributed by atoms with E-state index in [1.165, 1.54) is 5.56 Å². The summed E-state index contributed by atoms with van der Waals surface area (Å²) in [4.78, 5) is 0. The molecule has 21 heavy (non-hydrogen) atoms. The highest BCUT2D eigenvalue weighted by atomic mass is 16.5. The van der Waals surface area contributed by atoms with Gasteiger partial charge in [-0.25, -0.2) is 0 Å². The minimum Gasteiger partial charge on any atom is -0.493 e. The molecule has 4 heteroatoms. The van der Waals surface area contributed by atoms with Crippen LogP contribution in [0, 0.1) is 0 Å². The van der Waals surface area contributed by atoms with Gasteiger partial charge in [0.05, 0.1) is 14.2 Å². The molecule has 0 atom stereocenters. The molecule has 4 nitrogen and oxygen atoms in total. The van der Waals surface area contributed by atoms with Gasteiger partial charge >= 0.3 is 0 Å². The van der Waals surface area contributed by atoms with Crippen LogP contribution in [0.25, 0.3) is 0 Å². The van der Waals surface area contributed by atoms with Crippen molar-refractivity contribution in [1.82, 2.24) is 5.32 Å². The van der Waals surface area contributed by atoms with Gasteiger partial charge in [-0.1, -0.05) is 18.2 Å². The molecule has 2 rings (SSSR count). The Morgan fingerprint density at radius 2 is 1.52 bits per heavy atom. The Bertz CT molecular complexity index is 567. The normalized spacial score (nSPS) is 10.2. The zero-order valence-electron chi connectivity index (χ0n) is 12.7. The Morgan fingerprint density at radius 1 is 0.857 bits per heavy atom. The van der Waals surface area contributed by atoms with Gasteiger partial charge in [0.2, 0.25) is 0 Å². The third-order valence-corrected chi connectivity index (χ3v) is 3.16. The number of nitrogens with one attached hydrogen (secondary N) is 1. The van der Waals surface area contributed by atoms with Gasteiger partial charge in [-0.3, -0.25) is 0 Å². The monoisotopic (exact) mass is 287 g/mol. The second kappa shape index (κ2) is 7.55. The van der Waals surface area contributed by atoms with Gasteiger partial charge < -0.3 is 19.5 Å². The van der Waals surface area contributed by atoms with E-state index < -0.39 is 0 Å². The van der Waals surface area contributed by atoms with Gasteiger partial charge in [0, 0.05) is 6.54 Å². The van der Waals surface area contributed by atoms with Crippen LogP contribution in [0.1, 0.15) is 11.1 Å². The molecule has 112 valence electrons. The summed E-state index contributed by atoms with van der Waals surface area (Å²) in [7, 11) is 5.19. The van der Waals surface area contributed by atoms with E-state index in [4.69, 9.17) is 14.2 Å². The molecule has 2 aromatic rings. The molecular formula is C17H21NO3. The van der Waals surface area contributed by atoms with E-state index in [1.54, 1.807) is 14.2 Å². The number of methoxy groups -OCH3 is 2. The molecule has 0 saturated heterocycles. The van der Waals surface area contributed by atoms with E-state index in [-0.39, 0.29) is 0 Å². The first-order valence-electron chi connectivity index (χ1n) is 6.84. The SMILES string of the molecule is CNCc1ccc(OCc2ccc(OC)c(OC)c2)cc1. The smallest absolute Gasteiger partial charge is 0.161 e. The highest BCUT2D eigenvalue weighted by Crippen LogP contribution is 2.28. The third kappa shape index (κ3) is 4.13. The lowest BCUT2D eigenvalue weighted by molar-refractivity contribution is 0.303. The van der Waals surface area contributed by atoms with Crippen molar-refractivity contribution in [3.63, 3.8) is 0 Å². The van der Waals surface area contributed by atoms with E-state index >= 15 is 0 Å². The molecule has 0 heterocycles. The Hall–Kier alpha value is -2.20. The van der Waals surface area contributed by atoms with Crippen LogP contribution in [0.5, 0.6) is 17.2 Å². The molecule has 1 N–H and O–H groups in total. The highest BCUT2D eigenvalue weighted by molar-refractivity contribution is 5.42. The molecular weight excluding hydrogens is 266 g/mol. The molecule has 0 fully saturated rings. The van der Waals surface area contributed by atoms with Gasteiger partial charge in [0.1, 0.15) is 12.4 Å². The summed E-state index contributed by atoms with van der Waals surface area (Å²) in [6, 6.07) is 13.8. The molecule has 0 aliphatic heterocycles. The summed E-state index contributed by atoms with van der Waals surface area (Å²) in [5, 5.41) is 3.12. The van der Waals surface area contributed by atoms with Crippen LogP contribution in [0.15, 0.2) is 42.5 Å². The van der Waals surface area contributed by atoms with Crippen molar-refractivity contribution >= 4 is 0 Å². The van der Waals surface area contributed by atoms with Crippen LogP contribution in [-0.4, -0.2) is 21.3 Å². The van der Waals surface area contributed by atoms with Crippen molar-refractivity contribution in [3.8, 4) is 17.2 Å². The van der Waals surface area contributed by atoms with Gasteiger partial charge in [-0.15, -0.1) is 0 Å². The minimum absolute atomic E-state index is 0.492. The Labute approximate surface area is 125 Å². The lowest BCUT2D eigenvalue weighted by Gasteiger charge is -2.11. The number of rotatable bonds is 7. The lowest BCUT2D eigenvalue weighted by Crippen LogP contribution is -2.04. The maximum Gasteiger partial charge on any atom is 0.161 e. The van der Waals surface area contributed by atoms with Gasteiger partial charge in [0.15, 0.2) is 11.5 Å². The quantitative estimate of drug-likeness (QED) is 0.850. The molecule has 0 bridgehead atoms. The van der Waals surface area contributed by atoms with Gasteiger partial charge in [0.25, 0.3) is 0 Å². The Kier molecular flexibility index (Phi) is 5.46. The number of benzene rings is 2. The minimum atomic E-state index is 0.492. The summed E-state index contributed by atoms with van der Waals surface area (Å²) < 4.78 is 16.3. The van der Waals surface area contributed by atoms with Crippen molar-refractivity contribution in [2.45, 2.75) is 13.2 Å². The first-order valence-corrected chi connectivity index (χ1v) is 6.84. The molecule has 0 aromatic heterocycles. The molecule has 0 saturated carbocycles. The summed E-state index contributed by atoms with van der Waals surface area (Å²) in [6.45, 7) is 1.35. The molecule has 0 unspecified atom stereocenters. The predicted octanol–water partition coefficient (Wildman–Crippen LogP) is 3.00. The Balaban J connectivity index is 1.99. The predicted molar refractivity (Wildman–Crippen MR) is 83.1 cm³/mol. The molecule has 0 aliphatic carbocycles. The average Bonchev–Trinajstić information content (AvgIpc) is 2.54. The topological polar surface area (TPSA) is 39.7 Å². The second-order valence-electron chi connectivity index (χ2n) is 4.65. The standard InChI is InChI=1S/C17H21NO3/c1-18-11-13-4-7-15(8-5-13)21-12-14-6-9-16(19-2)17(10-14)20-3/h4-10,18H,11-12H2,1-3H3. The molecule has 0 amide bonds. The van der Waals surface area contributed by atoms with Crippen molar-refractivity contribution in [3.05, 3.63) is 53.6 Å². The van der Waals surface area contributed by atoms with Gasteiger partial charge in [-0.05, 0) is 42.4 Å². The number of ether oxygens (including phenoxy) is 3. The largest absolute Gasteiger partial charge is 0.493 e. The summed E-state index contributed by atoms with van der Waals surface area (Å²) in [5.74, 6) is 2.28. The first-order chi connectivity index (χ1) is 10.3. The third-order valence-electron chi connectivity index (χ3n) is 3.16. The second-order valence-corrected chi connectivity index (χ2v) is 4.65. The summed E-state index contributed by atoms with van der Waals surface area (Å²) in [5.41, 5.74) is 2.27.